The third kappa shape index (κ3) is 4.46. The Balaban J connectivity index is 2.11. The van der Waals surface area contributed by atoms with Crippen molar-refractivity contribution < 1.29 is 9.53 Å². The minimum Gasteiger partial charge on any atom is -0.462 e. The number of carbonyl (C=O) groups is 1. The van der Waals surface area contributed by atoms with Gasteiger partial charge in [-0.2, -0.15) is 0 Å². The van der Waals surface area contributed by atoms with Crippen LogP contribution in [0, 0.1) is 12.8 Å². The predicted molar refractivity (Wildman–Crippen MR) is 85.7 cm³/mol. The maximum Gasteiger partial charge on any atom is 0.338 e. The van der Waals surface area contributed by atoms with Crippen molar-refractivity contribution in [2.75, 3.05) is 20.2 Å². The van der Waals surface area contributed by atoms with Crippen LogP contribution in [0.5, 0.6) is 0 Å². The Morgan fingerprint density at radius 2 is 2.24 bits per heavy atom. The van der Waals surface area contributed by atoms with Crippen LogP contribution in [0.1, 0.15) is 35.7 Å². The molecule has 0 bridgehead atoms. The Morgan fingerprint density at radius 3 is 2.86 bits per heavy atom. The van der Waals surface area contributed by atoms with Gasteiger partial charge >= 0.3 is 5.97 Å². The van der Waals surface area contributed by atoms with Gasteiger partial charge in [0.15, 0.2) is 0 Å². The number of halogens is 1. The summed E-state index contributed by atoms with van der Waals surface area (Å²) < 4.78 is 5.30. The van der Waals surface area contributed by atoms with Crippen molar-refractivity contribution in [1.29, 1.82) is 0 Å². The number of hydrogen-bond acceptors (Lipinski definition) is 3. The first-order chi connectivity index (χ1) is 10.0. The number of nitrogens with zero attached hydrogens (tertiary/aromatic N) is 2. The molecule has 1 aliphatic rings. The fourth-order valence-electron chi connectivity index (χ4n) is 1.78. The highest BCUT2D eigenvalue weighted by molar-refractivity contribution is 6.33. The number of ether oxygens (including phenoxy) is 1. The molecule has 114 valence electrons. The van der Waals surface area contributed by atoms with Gasteiger partial charge in [0, 0.05) is 13.6 Å². The third-order valence-corrected chi connectivity index (χ3v) is 3.86. The molecule has 5 heteroatoms. The minimum atomic E-state index is -0.303. The molecule has 0 radical (unpaired) electrons. The van der Waals surface area contributed by atoms with Crippen LogP contribution in [0.25, 0.3) is 0 Å². The van der Waals surface area contributed by atoms with Crippen LogP contribution in [0.15, 0.2) is 17.1 Å². The molecule has 1 fully saturated rings. The van der Waals surface area contributed by atoms with E-state index in [1.807, 2.05) is 31.9 Å². The highest BCUT2D eigenvalue weighted by Crippen LogP contribution is 2.31. The number of esters is 1. The zero-order chi connectivity index (χ0) is 15.4. The van der Waals surface area contributed by atoms with E-state index in [1.165, 1.54) is 0 Å². The zero-order valence-corrected chi connectivity index (χ0v) is 13.5. The normalized spacial score (nSPS) is 14.5. The summed E-state index contributed by atoms with van der Waals surface area (Å²) >= 11 is 6.21. The SMILES string of the molecule is CCN(C)/C=N/c1cc(C)c(C(=O)OCC2CC2)cc1Cl. The topological polar surface area (TPSA) is 41.9 Å². The number of benzene rings is 1. The molecule has 1 aromatic carbocycles. The van der Waals surface area contributed by atoms with E-state index in [4.69, 9.17) is 16.3 Å². The Kier molecular flexibility index (Phi) is 5.23. The van der Waals surface area contributed by atoms with E-state index in [2.05, 4.69) is 4.99 Å². The lowest BCUT2D eigenvalue weighted by molar-refractivity contribution is 0.0485. The second kappa shape index (κ2) is 6.94. The van der Waals surface area contributed by atoms with Gasteiger partial charge in [-0.25, -0.2) is 9.79 Å². The highest BCUT2D eigenvalue weighted by Gasteiger charge is 2.24. The molecule has 1 saturated carbocycles. The van der Waals surface area contributed by atoms with E-state index >= 15 is 0 Å². The average molecular weight is 309 g/mol. The second-order valence-corrected chi connectivity index (χ2v) is 5.89. The molecule has 0 atom stereocenters. The van der Waals surface area contributed by atoms with Gasteiger partial charge in [-0.15, -0.1) is 0 Å². The highest BCUT2D eigenvalue weighted by atomic mass is 35.5. The third-order valence-electron chi connectivity index (χ3n) is 3.55. The number of carbonyl (C=O) groups excluding carboxylic acids is 1. The molecule has 0 aliphatic heterocycles. The van der Waals surface area contributed by atoms with Gasteiger partial charge in [-0.3, -0.25) is 0 Å². The van der Waals surface area contributed by atoms with Gasteiger partial charge in [-0.1, -0.05) is 11.6 Å². The van der Waals surface area contributed by atoms with E-state index in [1.54, 1.807) is 12.4 Å². The van der Waals surface area contributed by atoms with Crippen molar-refractivity contribution >= 4 is 29.6 Å². The van der Waals surface area contributed by atoms with Gasteiger partial charge in [0.2, 0.25) is 0 Å². The number of rotatable bonds is 6. The van der Waals surface area contributed by atoms with E-state index in [0.717, 1.165) is 24.9 Å². The van der Waals surface area contributed by atoms with Gasteiger partial charge in [0.1, 0.15) is 0 Å². The van der Waals surface area contributed by atoms with Crippen molar-refractivity contribution in [3.8, 4) is 0 Å². The van der Waals surface area contributed by atoms with Gasteiger partial charge in [0.25, 0.3) is 0 Å². The van der Waals surface area contributed by atoms with E-state index in [9.17, 15) is 4.79 Å². The smallest absolute Gasteiger partial charge is 0.338 e. The molecule has 0 spiro atoms. The Labute approximate surface area is 130 Å². The molecule has 1 aromatic rings. The average Bonchev–Trinajstić information content (AvgIpc) is 3.29. The Hall–Kier alpha value is -1.55. The van der Waals surface area contributed by atoms with E-state index in [-0.39, 0.29) is 5.97 Å². The van der Waals surface area contributed by atoms with Crippen molar-refractivity contribution in [2.24, 2.45) is 10.9 Å². The largest absolute Gasteiger partial charge is 0.462 e. The standard InChI is InChI=1S/C16H21ClN2O2/c1-4-19(3)10-18-15-7-11(2)13(8-14(15)17)16(20)21-9-12-5-6-12/h7-8,10,12H,4-6,9H2,1-3H3/b18-10+. The van der Waals surface area contributed by atoms with Crippen LogP contribution in [0.4, 0.5) is 5.69 Å². The molecule has 0 saturated heterocycles. The first-order valence-electron chi connectivity index (χ1n) is 7.23. The van der Waals surface area contributed by atoms with Crippen molar-refractivity contribution in [1.82, 2.24) is 4.90 Å². The van der Waals surface area contributed by atoms with Crippen molar-refractivity contribution in [2.45, 2.75) is 26.7 Å². The van der Waals surface area contributed by atoms with Crippen LogP contribution in [-0.2, 0) is 4.74 Å². The summed E-state index contributed by atoms with van der Waals surface area (Å²) in [4.78, 5) is 18.3. The molecule has 0 N–H and O–H groups in total. The molecule has 4 nitrogen and oxygen atoms in total. The van der Waals surface area contributed by atoms with Crippen molar-refractivity contribution in [3.63, 3.8) is 0 Å². The number of aryl methyl sites for hydroxylation is 1. The summed E-state index contributed by atoms with van der Waals surface area (Å²) in [7, 11) is 1.94. The second-order valence-electron chi connectivity index (χ2n) is 5.48. The van der Waals surface area contributed by atoms with Gasteiger partial charge in [-0.05, 0) is 50.3 Å². The molecule has 0 aromatic heterocycles. The lowest BCUT2D eigenvalue weighted by Crippen LogP contribution is -2.14. The van der Waals surface area contributed by atoms with Crippen LogP contribution in [0.2, 0.25) is 5.02 Å². The summed E-state index contributed by atoms with van der Waals surface area (Å²) in [5.74, 6) is 0.251. The van der Waals surface area contributed by atoms with Gasteiger partial charge in [0.05, 0.1) is 29.2 Å². The predicted octanol–water partition coefficient (Wildman–Crippen LogP) is 3.83. The lowest BCUT2D eigenvalue weighted by atomic mass is 10.1. The molecule has 0 unspecified atom stereocenters. The molecule has 0 heterocycles. The van der Waals surface area contributed by atoms with Crippen LogP contribution >= 0.6 is 11.6 Å². The summed E-state index contributed by atoms with van der Waals surface area (Å²) in [6.45, 7) is 5.28. The quantitative estimate of drug-likeness (QED) is 0.456. The first kappa shape index (κ1) is 15.8. The van der Waals surface area contributed by atoms with Gasteiger partial charge < -0.3 is 9.64 Å². The molecule has 1 aliphatic carbocycles. The summed E-state index contributed by atoms with van der Waals surface area (Å²) in [5, 5.41) is 0.458. The number of hydrogen-bond donors (Lipinski definition) is 0. The maximum atomic E-state index is 12.0. The van der Waals surface area contributed by atoms with E-state index < -0.39 is 0 Å². The molecular formula is C16H21ClN2O2. The number of aliphatic imine (C=N–C) groups is 1. The monoisotopic (exact) mass is 308 g/mol. The fraction of sp³-hybridized carbons (Fsp3) is 0.500. The summed E-state index contributed by atoms with van der Waals surface area (Å²) in [6, 6.07) is 3.46. The molecule has 21 heavy (non-hydrogen) atoms. The molecule has 2 rings (SSSR count). The lowest BCUT2D eigenvalue weighted by Gasteiger charge is -2.11. The van der Waals surface area contributed by atoms with Crippen LogP contribution in [0.3, 0.4) is 0 Å². The Morgan fingerprint density at radius 1 is 1.52 bits per heavy atom. The Bertz CT molecular complexity index is 553. The minimum absolute atomic E-state index is 0.303. The van der Waals surface area contributed by atoms with E-state index in [0.29, 0.717) is 28.8 Å². The molecule has 0 amide bonds. The first-order valence-corrected chi connectivity index (χ1v) is 7.60. The molecular weight excluding hydrogens is 288 g/mol. The van der Waals surface area contributed by atoms with Crippen molar-refractivity contribution in [3.05, 3.63) is 28.3 Å². The fourth-order valence-corrected chi connectivity index (χ4v) is 2.00. The summed E-state index contributed by atoms with van der Waals surface area (Å²) in [5.41, 5.74) is 2.00. The van der Waals surface area contributed by atoms with Crippen LogP contribution < -0.4 is 0 Å². The summed E-state index contributed by atoms with van der Waals surface area (Å²) in [6.07, 6.45) is 4.04. The zero-order valence-electron chi connectivity index (χ0n) is 12.7. The van der Waals surface area contributed by atoms with Crippen LogP contribution in [-0.4, -0.2) is 37.4 Å². The maximum absolute atomic E-state index is 12.0.